The molecule has 2 rings (SSSR count). The van der Waals surface area contributed by atoms with Gasteiger partial charge in [0.15, 0.2) is 0 Å². The number of urea groups is 1. The Morgan fingerprint density at radius 3 is 2.59 bits per heavy atom. The topological polar surface area (TPSA) is 98.9 Å². The lowest BCUT2D eigenvalue weighted by atomic mass is 10.2. The number of nitrogens with zero attached hydrogens (tertiary/aromatic N) is 1. The Morgan fingerprint density at radius 1 is 1.14 bits per heavy atom. The summed E-state index contributed by atoms with van der Waals surface area (Å²) in [5, 5.41) is 14.8. The van der Waals surface area contributed by atoms with Crippen LogP contribution in [0.1, 0.15) is 10.4 Å². The fourth-order valence-corrected chi connectivity index (χ4v) is 1.88. The molecule has 2 aromatic rings. The summed E-state index contributed by atoms with van der Waals surface area (Å²) in [6.45, 7) is 0.550. The molecule has 0 spiro atoms. The van der Waals surface area contributed by atoms with Crippen LogP contribution >= 0.6 is 23.2 Å². The summed E-state index contributed by atoms with van der Waals surface area (Å²) >= 11 is 11.6. The number of hydrogen-bond donors (Lipinski definition) is 4. The number of carbonyl (C=O) groups excluding carboxylic acids is 2. The van der Waals surface area contributed by atoms with Crippen LogP contribution in [0.15, 0.2) is 30.6 Å². The van der Waals surface area contributed by atoms with E-state index >= 15 is 0 Å². The first-order chi connectivity index (χ1) is 10.6. The second-order valence-electron chi connectivity index (χ2n) is 4.25. The standard InChI is InChI=1S/C13H13Cl2N5O2/c14-10-2-1-8(5-11(10)15)12(21)16-3-4-17-13(22)20-9-6-18-19-7-9/h1-2,5-7H,3-4H2,(H,16,21)(H,18,19)(H2,17,20,22). The molecule has 3 amide bonds. The first-order valence-electron chi connectivity index (χ1n) is 6.33. The van der Waals surface area contributed by atoms with Crippen LogP contribution in [0.4, 0.5) is 10.5 Å². The molecule has 0 aliphatic heterocycles. The third-order valence-electron chi connectivity index (χ3n) is 2.63. The molecule has 7 nitrogen and oxygen atoms in total. The summed E-state index contributed by atoms with van der Waals surface area (Å²) in [6.07, 6.45) is 3.03. The highest BCUT2D eigenvalue weighted by Gasteiger charge is 2.08. The summed E-state index contributed by atoms with van der Waals surface area (Å²) in [5.41, 5.74) is 0.953. The van der Waals surface area contributed by atoms with Crippen LogP contribution in [-0.2, 0) is 0 Å². The lowest BCUT2D eigenvalue weighted by molar-refractivity contribution is 0.0954. The number of halogens is 2. The Kier molecular flexibility index (Phi) is 5.62. The second-order valence-corrected chi connectivity index (χ2v) is 5.07. The first kappa shape index (κ1) is 16.1. The van der Waals surface area contributed by atoms with Gasteiger partial charge in [-0.15, -0.1) is 0 Å². The molecule has 9 heteroatoms. The summed E-state index contributed by atoms with van der Waals surface area (Å²) in [4.78, 5) is 23.4. The Hall–Kier alpha value is -2.25. The predicted molar refractivity (Wildman–Crippen MR) is 84.4 cm³/mol. The molecule has 116 valence electrons. The smallest absolute Gasteiger partial charge is 0.319 e. The maximum atomic E-state index is 11.9. The van der Waals surface area contributed by atoms with Gasteiger partial charge >= 0.3 is 6.03 Å². The van der Waals surface area contributed by atoms with Gasteiger partial charge in [-0.2, -0.15) is 5.10 Å². The molecule has 0 radical (unpaired) electrons. The van der Waals surface area contributed by atoms with Crippen LogP contribution in [0.25, 0.3) is 0 Å². The van der Waals surface area contributed by atoms with E-state index in [-0.39, 0.29) is 25.0 Å². The minimum absolute atomic E-state index is 0.275. The maximum Gasteiger partial charge on any atom is 0.319 e. The summed E-state index contributed by atoms with van der Waals surface area (Å²) in [6, 6.07) is 4.22. The lowest BCUT2D eigenvalue weighted by Crippen LogP contribution is -2.36. The number of aromatic nitrogens is 2. The molecule has 0 saturated heterocycles. The van der Waals surface area contributed by atoms with Gasteiger partial charge in [0.05, 0.1) is 21.9 Å². The van der Waals surface area contributed by atoms with E-state index < -0.39 is 0 Å². The van der Waals surface area contributed by atoms with Gasteiger partial charge in [0.2, 0.25) is 0 Å². The van der Waals surface area contributed by atoms with Crippen LogP contribution in [-0.4, -0.2) is 35.2 Å². The van der Waals surface area contributed by atoms with E-state index in [1.165, 1.54) is 12.3 Å². The van der Waals surface area contributed by atoms with Gasteiger partial charge in [-0.1, -0.05) is 23.2 Å². The Morgan fingerprint density at radius 2 is 1.91 bits per heavy atom. The average molecular weight is 342 g/mol. The normalized spacial score (nSPS) is 10.1. The van der Waals surface area contributed by atoms with Crippen molar-refractivity contribution in [3.63, 3.8) is 0 Å². The molecule has 0 unspecified atom stereocenters. The van der Waals surface area contributed by atoms with Crippen molar-refractivity contribution < 1.29 is 9.59 Å². The lowest BCUT2D eigenvalue weighted by Gasteiger charge is -2.08. The monoisotopic (exact) mass is 341 g/mol. The van der Waals surface area contributed by atoms with Crippen molar-refractivity contribution in [2.24, 2.45) is 0 Å². The number of aromatic amines is 1. The largest absolute Gasteiger partial charge is 0.350 e. The molecular weight excluding hydrogens is 329 g/mol. The Balaban J connectivity index is 1.70. The highest BCUT2D eigenvalue weighted by Crippen LogP contribution is 2.22. The number of rotatable bonds is 5. The molecule has 1 heterocycles. The van der Waals surface area contributed by atoms with Gasteiger partial charge < -0.3 is 16.0 Å². The van der Waals surface area contributed by atoms with Crippen molar-refractivity contribution in [3.8, 4) is 0 Å². The van der Waals surface area contributed by atoms with Crippen LogP contribution < -0.4 is 16.0 Å². The van der Waals surface area contributed by atoms with Crippen molar-refractivity contribution in [3.05, 3.63) is 46.2 Å². The number of carbonyl (C=O) groups is 2. The zero-order chi connectivity index (χ0) is 15.9. The van der Waals surface area contributed by atoms with Crippen molar-refractivity contribution >= 4 is 40.8 Å². The zero-order valence-electron chi connectivity index (χ0n) is 11.3. The van der Waals surface area contributed by atoms with Crippen molar-refractivity contribution in [1.82, 2.24) is 20.8 Å². The molecule has 0 atom stereocenters. The van der Waals surface area contributed by atoms with Crippen molar-refractivity contribution in [1.29, 1.82) is 0 Å². The molecule has 1 aromatic carbocycles. The number of amides is 3. The highest BCUT2D eigenvalue weighted by molar-refractivity contribution is 6.42. The third kappa shape index (κ3) is 4.64. The SMILES string of the molecule is O=C(NCCNC(=O)c1ccc(Cl)c(Cl)c1)Nc1cn[nH]c1. The predicted octanol–water partition coefficient (Wildman–Crippen LogP) is 2.27. The van der Waals surface area contributed by atoms with E-state index in [0.717, 1.165) is 0 Å². The summed E-state index contributed by atoms with van der Waals surface area (Å²) in [5.74, 6) is -0.296. The fraction of sp³-hybridized carbons (Fsp3) is 0.154. The van der Waals surface area contributed by atoms with Crippen LogP contribution in [0, 0.1) is 0 Å². The number of H-pyrrole nitrogens is 1. The van der Waals surface area contributed by atoms with Gasteiger partial charge in [0.25, 0.3) is 5.91 Å². The second kappa shape index (κ2) is 7.67. The van der Waals surface area contributed by atoms with E-state index in [2.05, 4.69) is 26.1 Å². The number of anilines is 1. The third-order valence-corrected chi connectivity index (χ3v) is 3.37. The van der Waals surface area contributed by atoms with Gasteiger partial charge in [0, 0.05) is 24.8 Å². The van der Waals surface area contributed by atoms with Crippen molar-refractivity contribution in [2.75, 3.05) is 18.4 Å². The van der Waals surface area contributed by atoms with Crippen LogP contribution in [0.3, 0.4) is 0 Å². The molecule has 0 saturated carbocycles. The highest BCUT2D eigenvalue weighted by atomic mass is 35.5. The van der Waals surface area contributed by atoms with Gasteiger partial charge in [-0.25, -0.2) is 4.79 Å². The summed E-state index contributed by atoms with van der Waals surface area (Å²) in [7, 11) is 0. The molecule has 0 aliphatic carbocycles. The van der Waals surface area contributed by atoms with Gasteiger partial charge in [-0.3, -0.25) is 9.89 Å². The van der Waals surface area contributed by atoms with E-state index in [9.17, 15) is 9.59 Å². The van der Waals surface area contributed by atoms with Gasteiger partial charge in [0.1, 0.15) is 0 Å². The Bertz CT molecular complexity index is 660. The molecule has 4 N–H and O–H groups in total. The molecule has 0 aliphatic rings. The quantitative estimate of drug-likeness (QED) is 0.627. The van der Waals surface area contributed by atoms with E-state index in [1.54, 1.807) is 18.3 Å². The minimum atomic E-state index is -0.384. The fourth-order valence-electron chi connectivity index (χ4n) is 1.59. The molecule has 0 fully saturated rings. The molecular formula is C13H13Cl2N5O2. The molecule has 0 bridgehead atoms. The Labute approximate surface area is 136 Å². The van der Waals surface area contributed by atoms with E-state index in [1.807, 2.05) is 0 Å². The zero-order valence-corrected chi connectivity index (χ0v) is 12.8. The molecule has 1 aromatic heterocycles. The minimum Gasteiger partial charge on any atom is -0.350 e. The van der Waals surface area contributed by atoms with Crippen LogP contribution in [0.2, 0.25) is 10.0 Å². The van der Waals surface area contributed by atoms with Crippen molar-refractivity contribution in [2.45, 2.75) is 0 Å². The first-order valence-corrected chi connectivity index (χ1v) is 7.09. The number of hydrogen-bond acceptors (Lipinski definition) is 3. The van der Waals surface area contributed by atoms with Gasteiger partial charge in [-0.05, 0) is 18.2 Å². The molecule has 22 heavy (non-hydrogen) atoms. The van der Waals surface area contributed by atoms with E-state index in [4.69, 9.17) is 23.2 Å². The summed E-state index contributed by atoms with van der Waals surface area (Å²) < 4.78 is 0. The number of nitrogens with one attached hydrogen (secondary N) is 4. The number of benzene rings is 1. The average Bonchev–Trinajstić information content (AvgIpc) is 2.99. The van der Waals surface area contributed by atoms with E-state index in [0.29, 0.717) is 21.3 Å². The maximum absolute atomic E-state index is 11.9. The van der Waals surface area contributed by atoms with Crippen LogP contribution in [0.5, 0.6) is 0 Å².